The first kappa shape index (κ1) is 15.2. The second kappa shape index (κ2) is 6.35. The van der Waals surface area contributed by atoms with E-state index in [-0.39, 0.29) is 17.9 Å². The van der Waals surface area contributed by atoms with Gasteiger partial charge in [0.1, 0.15) is 5.69 Å². The molecule has 0 saturated heterocycles. The molecule has 1 unspecified atom stereocenters. The van der Waals surface area contributed by atoms with Crippen molar-refractivity contribution in [1.82, 2.24) is 0 Å². The van der Waals surface area contributed by atoms with Crippen molar-refractivity contribution in [3.8, 4) is 0 Å². The average molecular weight is 289 g/mol. The van der Waals surface area contributed by atoms with Crippen molar-refractivity contribution in [2.45, 2.75) is 13.0 Å². The molecule has 0 heterocycles. The van der Waals surface area contributed by atoms with Gasteiger partial charge in [0.2, 0.25) is 0 Å². The second-order valence-electron chi connectivity index (χ2n) is 3.77. The lowest BCUT2D eigenvalue weighted by Crippen LogP contribution is -2.30. The number of methoxy groups -OCH3 is 1. The molecule has 0 fully saturated rings. The number of ether oxygens (including phenoxy) is 1. The number of benzene rings is 1. The monoisotopic (exact) mass is 288 g/mol. The number of nitrogens with zero attached hydrogens (tertiary/aromatic N) is 1. The number of hydrogen-bond donors (Lipinski definition) is 2. The van der Waals surface area contributed by atoms with Gasteiger partial charge in [0.05, 0.1) is 11.5 Å². The van der Waals surface area contributed by atoms with Gasteiger partial charge in [0.25, 0.3) is 5.69 Å². The molecule has 0 spiro atoms. The van der Waals surface area contributed by atoms with E-state index in [0.29, 0.717) is 10.6 Å². The van der Waals surface area contributed by atoms with Gasteiger partial charge in [-0.3, -0.25) is 10.1 Å². The minimum atomic E-state index is -1.16. The highest BCUT2D eigenvalue weighted by molar-refractivity contribution is 6.31. The van der Waals surface area contributed by atoms with E-state index in [1.807, 2.05) is 0 Å². The van der Waals surface area contributed by atoms with E-state index in [1.165, 1.54) is 19.2 Å². The van der Waals surface area contributed by atoms with Gasteiger partial charge in [-0.05, 0) is 18.6 Å². The molecule has 19 heavy (non-hydrogen) atoms. The van der Waals surface area contributed by atoms with Crippen molar-refractivity contribution < 1.29 is 19.6 Å². The Morgan fingerprint density at radius 1 is 1.63 bits per heavy atom. The summed E-state index contributed by atoms with van der Waals surface area (Å²) >= 11 is 5.89. The van der Waals surface area contributed by atoms with E-state index in [1.54, 1.807) is 6.92 Å². The summed E-state index contributed by atoms with van der Waals surface area (Å²) in [5.41, 5.74) is 0.513. The predicted octanol–water partition coefficient (Wildman–Crippen LogP) is 2.07. The van der Waals surface area contributed by atoms with Gasteiger partial charge < -0.3 is 15.2 Å². The fourth-order valence-corrected chi connectivity index (χ4v) is 1.67. The van der Waals surface area contributed by atoms with E-state index < -0.39 is 17.0 Å². The summed E-state index contributed by atoms with van der Waals surface area (Å²) in [6, 6.07) is 2.69. The van der Waals surface area contributed by atoms with Crippen LogP contribution >= 0.6 is 11.6 Å². The SMILES string of the molecule is COC(CNc1c([N+](=O)[O-])ccc(Cl)c1C)C(=O)O. The second-order valence-corrected chi connectivity index (χ2v) is 4.17. The first-order valence-electron chi connectivity index (χ1n) is 5.31. The summed E-state index contributed by atoms with van der Waals surface area (Å²) in [7, 11) is 1.25. The number of anilines is 1. The van der Waals surface area contributed by atoms with Crippen LogP contribution in [0.2, 0.25) is 5.02 Å². The molecule has 0 radical (unpaired) electrons. The summed E-state index contributed by atoms with van der Waals surface area (Å²) in [6.45, 7) is 1.51. The minimum absolute atomic E-state index is 0.103. The highest BCUT2D eigenvalue weighted by Gasteiger charge is 2.21. The number of hydrogen-bond acceptors (Lipinski definition) is 5. The standard InChI is InChI=1S/C11H13ClN2O5/c1-6-7(12)3-4-8(14(17)18)10(6)13-5-9(19-2)11(15)16/h3-4,9,13H,5H2,1-2H3,(H,15,16). The first-order valence-corrected chi connectivity index (χ1v) is 5.69. The van der Waals surface area contributed by atoms with E-state index in [2.05, 4.69) is 5.32 Å². The lowest BCUT2D eigenvalue weighted by atomic mass is 10.1. The Kier molecular flexibility index (Phi) is 5.08. The first-order chi connectivity index (χ1) is 8.88. The van der Waals surface area contributed by atoms with Gasteiger partial charge in [-0.15, -0.1) is 0 Å². The molecule has 8 heteroatoms. The van der Waals surface area contributed by atoms with Gasteiger partial charge in [-0.2, -0.15) is 0 Å². The summed E-state index contributed by atoms with van der Waals surface area (Å²) in [6.07, 6.45) is -1.10. The number of aliphatic carboxylic acids is 1. The van der Waals surface area contributed by atoms with E-state index in [0.717, 1.165) is 0 Å². The topological polar surface area (TPSA) is 102 Å². The summed E-state index contributed by atoms with van der Waals surface area (Å²) in [5, 5.41) is 22.8. The normalized spacial score (nSPS) is 11.9. The van der Waals surface area contributed by atoms with E-state index in [4.69, 9.17) is 21.4 Å². The Labute approximate surface area is 114 Å². The van der Waals surface area contributed by atoms with Crippen molar-refractivity contribution in [2.75, 3.05) is 19.0 Å². The number of halogens is 1. The van der Waals surface area contributed by atoms with E-state index in [9.17, 15) is 14.9 Å². The zero-order valence-corrected chi connectivity index (χ0v) is 11.1. The van der Waals surface area contributed by atoms with Crippen molar-refractivity contribution in [3.05, 3.63) is 32.8 Å². The Morgan fingerprint density at radius 3 is 2.74 bits per heavy atom. The zero-order chi connectivity index (χ0) is 14.6. The molecular formula is C11H13ClN2O5. The predicted molar refractivity (Wildman–Crippen MR) is 69.8 cm³/mol. The Bertz CT molecular complexity index is 506. The fourth-order valence-electron chi connectivity index (χ4n) is 1.51. The van der Waals surface area contributed by atoms with Gasteiger partial charge in [0, 0.05) is 18.2 Å². The Morgan fingerprint density at radius 2 is 2.26 bits per heavy atom. The molecule has 1 rings (SSSR count). The van der Waals surface area contributed by atoms with E-state index >= 15 is 0 Å². The quantitative estimate of drug-likeness (QED) is 0.614. The highest BCUT2D eigenvalue weighted by Crippen LogP contribution is 2.32. The molecule has 1 aromatic carbocycles. The fraction of sp³-hybridized carbons (Fsp3) is 0.364. The van der Waals surface area contributed by atoms with Crippen LogP contribution in [0.15, 0.2) is 12.1 Å². The molecule has 104 valence electrons. The maximum Gasteiger partial charge on any atom is 0.334 e. The van der Waals surface area contributed by atoms with Gasteiger partial charge >= 0.3 is 5.97 Å². The highest BCUT2D eigenvalue weighted by atomic mass is 35.5. The number of nitro groups is 1. The molecule has 2 N–H and O–H groups in total. The van der Waals surface area contributed by atoms with Crippen LogP contribution in [-0.2, 0) is 9.53 Å². The molecule has 0 bridgehead atoms. The van der Waals surface area contributed by atoms with Crippen molar-refractivity contribution in [2.24, 2.45) is 0 Å². The third-order valence-electron chi connectivity index (χ3n) is 2.60. The lowest BCUT2D eigenvalue weighted by Gasteiger charge is -2.14. The van der Waals surface area contributed by atoms with Gasteiger partial charge in [-0.1, -0.05) is 11.6 Å². The maximum absolute atomic E-state index is 10.9. The van der Waals surface area contributed by atoms with Crippen LogP contribution < -0.4 is 5.32 Å². The summed E-state index contributed by atoms with van der Waals surface area (Å²) < 4.78 is 4.74. The van der Waals surface area contributed by atoms with Crippen LogP contribution in [0.4, 0.5) is 11.4 Å². The molecule has 0 aromatic heterocycles. The Balaban J connectivity index is 3.02. The largest absolute Gasteiger partial charge is 0.479 e. The molecule has 7 nitrogen and oxygen atoms in total. The number of carboxylic acid groups (broad SMARTS) is 1. The van der Waals surface area contributed by atoms with Crippen LogP contribution in [0.3, 0.4) is 0 Å². The third-order valence-corrected chi connectivity index (χ3v) is 3.01. The van der Waals surface area contributed by atoms with Crippen LogP contribution in [0, 0.1) is 17.0 Å². The van der Waals surface area contributed by atoms with Crippen LogP contribution in [0.1, 0.15) is 5.56 Å². The minimum Gasteiger partial charge on any atom is -0.479 e. The molecule has 1 aromatic rings. The average Bonchev–Trinajstić information content (AvgIpc) is 2.34. The van der Waals surface area contributed by atoms with Gasteiger partial charge in [-0.25, -0.2) is 4.79 Å². The maximum atomic E-state index is 10.9. The van der Waals surface area contributed by atoms with Crippen LogP contribution in [-0.4, -0.2) is 35.8 Å². The van der Waals surface area contributed by atoms with Crippen molar-refractivity contribution in [1.29, 1.82) is 0 Å². The number of carbonyl (C=O) groups is 1. The van der Waals surface area contributed by atoms with Gasteiger partial charge in [0.15, 0.2) is 6.10 Å². The zero-order valence-electron chi connectivity index (χ0n) is 10.3. The number of nitrogens with one attached hydrogen (secondary N) is 1. The van der Waals surface area contributed by atoms with Crippen molar-refractivity contribution >= 4 is 28.9 Å². The van der Waals surface area contributed by atoms with Crippen LogP contribution in [0.5, 0.6) is 0 Å². The Hall–Kier alpha value is -1.86. The van der Waals surface area contributed by atoms with Crippen molar-refractivity contribution in [3.63, 3.8) is 0 Å². The number of nitro benzene ring substituents is 1. The molecule has 0 amide bonds. The molecular weight excluding hydrogens is 276 g/mol. The third kappa shape index (κ3) is 3.55. The molecule has 1 atom stereocenters. The van der Waals surface area contributed by atoms with Crippen LogP contribution in [0.25, 0.3) is 0 Å². The molecule has 0 aliphatic carbocycles. The molecule has 0 aliphatic heterocycles. The molecule has 0 saturated carbocycles. The molecule has 0 aliphatic rings. The summed E-state index contributed by atoms with van der Waals surface area (Å²) in [4.78, 5) is 21.1. The summed E-state index contributed by atoms with van der Waals surface area (Å²) in [5.74, 6) is -1.16. The number of carboxylic acids is 1. The smallest absolute Gasteiger partial charge is 0.334 e. The number of rotatable bonds is 6. The lowest BCUT2D eigenvalue weighted by molar-refractivity contribution is -0.384.